The maximum Gasteiger partial charge on any atom is 0.0888 e. The number of allylic oxidation sites excluding steroid dienone is 5. The summed E-state index contributed by atoms with van der Waals surface area (Å²) in [4.78, 5) is 14.4. The largest absolute Gasteiger partial charge is 0.257 e. The molecular weight excluding hydrogens is 675 g/mol. The van der Waals surface area contributed by atoms with Crippen molar-refractivity contribution in [2.45, 2.75) is 6.92 Å². The van der Waals surface area contributed by atoms with Gasteiger partial charge in [0.1, 0.15) is 0 Å². The maximum atomic E-state index is 5.31. The fourth-order valence-electron chi connectivity index (χ4n) is 7.09. The second-order valence-corrected chi connectivity index (χ2v) is 14.4. The van der Waals surface area contributed by atoms with Crippen LogP contribution in [0.5, 0.6) is 0 Å². The van der Waals surface area contributed by atoms with Gasteiger partial charge in [0.2, 0.25) is 0 Å². The quantitative estimate of drug-likeness (QED) is 0.147. The predicted molar refractivity (Wildman–Crippen MR) is 230 cm³/mol. The molecule has 4 aromatic heterocycles. The molecule has 4 heteroatoms. The molecular formula is C50H35N3S. The van der Waals surface area contributed by atoms with Crippen LogP contribution >= 0.6 is 11.3 Å². The first-order chi connectivity index (χ1) is 26.6. The topological polar surface area (TPSA) is 38.7 Å². The minimum Gasteiger partial charge on any atom is -0.257 e. The van der Waals surface area contributed by atoms with E-state index in [2.05, 4.69) is 157 Å². The zero-order valence-electron chi connectivity index (χ0n) is 29.8. The minimum absolute atomic E-state index is 0.848. The first kappa shape index (κ1) is 33.1. The number of hydrogen-bond donors (Lipinski definition) is 0. The number of rotatable bonds is 8. The summed E-state index contributed by atoms with van der Waals surface area (Å²) in [5.41, 5.74) is 13.7. The number of benzene rings is 5. The molecule has 0 saturated heterocycles. The highest BCUT2D eigenvalue weighted by molar-refractivity contribution is 7.26. The molecule has 0 radical (unpaired) electrons. The van der Waals surface area contributed by atoms with Crippen LogP contribution in [0.3, 0.4) is 0 Å². The van der Waals surface area contributed by atoms with Gasteiger partial charge in [-0.05, 0) is 106 Å². The summed E-state index contributed by atoms with van der Waals surface area (Å²) < 4.78 is 2.48. The third-order valence-electron chi connectivity index (χ3n) is 9.89. The zero-order chi connectivity index (χ0) is 36.4. The Morgan fingerprint density at radius 2 is 1.17 bits per heavy atom. The fourth-order valence-corrected chi connectivity index (χ4v) is 8.32. The van der Waals surface area contributed by atoms with Crippen LogP contribution < -0.4 is 0 Å². The molecule has 9 aromatic rings. The Kier molecular flexibility index (Phi) is 8.80. The van der Waals surface area contributed by atoms with Crippen molar-refractivity contribution >= 4 is 59.1 Å². The van der Waals surface area contributed by atoms with Crippen LogP contribution in [0.2, 0.25) is 0 Å². The van der Waals surface area contributed by atoms with Gasteiger partial charge in [-0.15, -0.1) is 11.3 Å². The summed E-state index contributed by atoms with van der Waals surface area (Å²) in [5, 5.41) is 3.73. The molecule has 4 heterocycles. The van der Waals surface area contributed by atoms with E-state index < -0.39 is 0 Å². The Morgan fingerprint density at radius 1 is 0.556 bits per heavy atom. The predicted octanol–water partition coefficient (Wildman–Crippen LogP) is 13.6. The van der Waals surface area contributed by atoms with E-state index in [1.807, 2.05) is 53.9 Å². The Bertz CT molecular complexity index is 2850. The van der Waals surface area contributed by atoms with Crippen molar-refractivity contribution in [1.29, 1.82) is 0 Å². The van der Waals surface area contributed by atoms with Gasteiger partial charge in [-0.3, -0.25) is 9.97 Å². The Labute approximate surface area is 319 Å². The number of nitrogens with zero attached hydrogens (tertiary/aromatic N) is 3. The molecule has 0 aliphatic heterocycles. The Hall–Kier alpha value is -6.75. The van der Waals surface area contributed by atoms with Crippen LogP contribution in [0.15, 0.2) is 189 Å². The van der Waals surface area contributed by atoms with Crippen LogP contribution in [-0.2, 0) is 0 Å². The summed E-state index contributed by atoms with van der Waals surface area (Å²) in [5.74, 6) is 0. The second-order valence-electron chi connectivity index (χ2n) is 13.4. The van der Waals surface area contributed by atoms with E-state index in [1.54, 1.807) is 6.20 Å². The molecule has 0 aliphatic carbocycles. The molecule has 5 aromatic carbocycles. The number of thiophene rings is 1. The van der Waals surface area contributed by atoms with Gasteiger partial charge in [0, 0.05) is 38.8 Å². The molecule has 0 amide bonds. The second kappa shape index (κ2) is 14.3. The Balaban J connectivity index is 1.07. The van der Waals surface area contributed by atoms with Crippen molar-refractivity contribution in [3.63, 3.8) is 0 Å². The van der Waals surface area contributed by atoms with Crippen molar-refractivity contribution in [1.82, 2.24) is 15.0 Å². The summed E-state index contributed by atoms with van der Waals surface area (Å²) >= 11 is 1.82. The van der Waals surface area contributed by atoms with E-state index in [-0.39, 0.29) is 0 Å². The zero-order valence-corrected chi connectivity index (χ0v) is 30.6. The van der Waals surface area contributed by atoms with Gasteiger partial charge in [0.05, 0.1) is 27.3 Å². The molecule has 0 bridgehead atoms. The van der Waals surface area contributed by atoms with Crippen LogP contribution in [0.1, 0.15) is 23.9 Å². The van der Waals surface area contributed by atoms with E-state index in [0.29, 0.717) is 0 Å². The molecule has 0 atom stereocenters. The highest BCUT2D eigenvalue weighted by Crippen LogP contribution is 2.43. The van der Waals surface area contributed by atoms with Crippen LogP contribution in [-0.4, -0.2) is 15.0 Å². The highest BCUT2D eigenvalue weighted by Gasteiger charge is 2.17. The van der Waals surface area contributed by atoms with Crippen molar-refractivity contribution in [3.05, 3.63) is 206 Å². The van der Waals surface area contributed by atoms with Crippen molar-refractivity contribution in [3.8, 4) is 33.5 Å². The van der Waals surface area contributed by atoms with E-state index in [9.17, 15) is 0 Å². The number of aromatic nitrogens is 3. The van der Waals surface area contributed by atoms with Crippen LogP contribution in [0, 0.1) is 0 Å². The van der Waals surface area contributed by atoms with Crippen molar-refractivity contribution in [2.75, 3.05) is 0 Å². The average Bonchev–Trinajstić information content (AvgIpc) is 3.64. The molecule has 3 nitrogen and oxygen atoms in total. The molecule has 9 rings (SSSR count). The average molecular weight is 710 g/mol. The van der Waals surface area contributed by atoms with Gasteiger partial charge in [-0.1, -0.05) is 122 Å². The standard InChI is InChI=1S/C50H35N3S/c1-33(44-15-8-10-28-51-44)30-41(31-34(2)45-16-9-11-29-52-45)38-20-18-36(19-21-38)37-22-24-39(25-23-37)49-50-48(42-14-6-7-17-47(42)54-50)43-32-40(26-27-46(43)53-49)35-12-4-3-5-13-35/h3-32H,1H2,2H3/b34-31+,41-30+. The van der Waals surface area contributed by atoms with Crippen LogP contribution in [0.4, 0.5) is 0 Å². The smallest absolute Gasteiger partial charge is 0.0888 e. The third-order valence-corrected chi connectivity index (χ3v) is 11.1. The van der Waals surface area contributed by atoms with Gasteiger partial charge in [0.25, 0.3) is 0 Å². The normalized spacial score (nSPS) is 12.1. The van der Waals surface area contributed by atoms with Gasteiger partial charge in [-0.2, -0.15) is 0 Å². The lowest BCUT2D eigenvalue weighted by molar-refractivity contribution is 1.27. The maximum absolute atomic E-state index is 5.31. The summed E-state index contributed by atoms with van der Waals surface area (Å²) in [7, 11) is 0. The number of fused-ring (bicyclic) bond motifs is 5. The Morgan fingerprint density at radius 3 is 1.89 bits per heavy atom. The number of hydrogen-bond acceptors (Lipinski definition) is 4. The molecule has 256 valence electrons. The minimum atomic E-state index is 0.848. The number of pyridine rings is 3. The van der Waals surface area contributed by atoms with Crippen molar-refractivity contribution in [2.24, 2.45) is 0 Å². The fraction of sp³-hybridized carbons (Fsp3) is 0.0200. The van der Waals surface area contributed by atoms with Gasteiger partial charge >= 0.3 is 0 Å². The molecule has 0 spiro atoms. The van der Waals surface area contributed by atoms with E-state index in [1.165, 1.54) is 36.7 Å². The van der Waals surface area contributed by atoms with E-state index in [4.69, 9.17) is 4.98 Å². The molecule has 0 aliphatic rings. The molecule has 0 unspecified atom stereocenters. The van der Waals surface area contributed by atoms with E-state index in [0.717, 1.165) is 61.6 Å². The summed E-state index contributed by atoms with van der Waals surface area (Å²) in [6.07, 6.45) is 7.90. The monoisotopic (exact) mass is 709 g/mol. The van der Waals surface area contributed by atoms with Crippen molar-refractivity contribution < 1.29 is 0 Å². The van der Waals surface area contributed by atoms with E-state index >= 15 is 0 Å². The summed E-state index contributed by atoms with van der Waals surface area (Å²) in [6.45, 7) is 6.44. The van der Waals surface area contributed by atoms with Crippen LogP contribution in [0.25, 0.3) is 81.3 Å². The van der Waals surface area contributed by atoms with Gasteiger partial charge in [-0.25, -0.2) is 4.98 Å². The molecule has 0 N–H and O–H groups in total. The molecule has 54 heavy (non-hydrogen) atoms. The lowest BCUT2D eigenvalue weighted by Gasteiger charge is -2.11. The first-order valence-corrected chi connectivity index (χ1v) is 18.8. The molecule has 0 saturated carbocycles. The first-order valence-electron chi connectivity index (χ1n) is 18.0. The van der Waals surface area contributed by atoms with Gasteiger partial charge in [0.15, 0.2) is 0 Å². The lowest BCUT2D eigenvalue weighted by atomic mass is 9.95. The summed E-state index contributed by atoms with van der Waals surface area (Å²) in [6, 6.07) is 55.4. The third kappa shape index (κ3) is 6.44. The highest BCUT2D eigenvalue weighted by atomic mass is 32.1. The van der Waals surface area contributed by atoms with Gasteiger partial charge < -0.3 is 0 Å². The SMILES string of the molecule is C=C(/C=C(\C=C(/C)c1ccccn1)c1ccc(-c2ccc(-c3nc4ccc(-c5ccccc5)cc4c4c3sc3ccccc34)cc2)cc1)c1ccccn1. The lowest BCUT2D eigenvalue weighted by Crippen LogP contribution is -1.90. The molecule has 0 fully saturated rings.